The molecule has 0 spiro atoms. The van der Waals surface area contributed by atoms with Crippen LogP contribution in [0.15, 0.2) is 59.6 Å². The van der Waals surface area contributed by atoms with Crippen molar-refractivity contribution in [2.24, 2.45) is 0 Å². The number of Topliss-reactive ketones (excluding diaryl/α,β-unsaturated/α-hetero) is 1. The van der Waals surface area contributed by atoms with Crippen molar-refractivity contribution >= 4 is 38.6 Å². The summed E-state index contributed by atoms with van der Waals surface area (Å²) in [7, 11) is -1.49. The molecule has 10 heteroatoms. The molecule has 0 bridgehead atoms. The summed E-state index contributed by atoms with van der Waals surface area (Å²) in [6.45, 7) is 0.881. The zero-order valence-corrected chi connectivity index (χ0v) is 19.3. The molecule has 3 aromatic rings. The molecule has 0 aliphatic carbocycles. The molecule has 3 rings (SSSR count). The number of ether oxygens (including phenoxy) is 1. The number of hydrogen-bond acceptors (Lipinski definition) is 6. The zero-order chi connectivity index (χ0) is 24.2. The number of amides is 1. The maximum atomic E-state index is 12.8. The summed E-state index contributed by atoms with van der Waals surface area (Å²) < 4.78 is 31.3. The van der Waals surface area contributed by atoms with Gasteiger partial charge < -0.3 is 15.0 Å². The summed E-state index contributed by atoms with van der Waals surface area (Å²) >= 11 is 0. The van der Waals surface area contributed by atoms with Gasteiger partial charge in [0.2, 0.25) is 15.9 Å². The van der Waals surface area contributed by atoms with E-state index < -0.39 is 34.5 Å². The molecule has 33 heavy (non-hydrogen) atoms. The molecule has 1 heterocycles. The van der Waals surface area contributed by atoms with E-state index in [4.69, 9.17) is 4.74 Å². The Balaban J connectivity index is 1.71. The fourth-order valence-corrected chi connectivity index (χ4v) is 4.55. The number of methoxy groups -OCH3 is 1. The van der Waals surface area contributed by atoms with Gasteiger partial charge in [0, 0.05) is 36.1 Å². The first-order chi connectivity index (χ1) is 15.6. The van der Waals surface area contributed by atoms with Crippen LogP contribution in [-0.4, -0.2) is 62.1 Å². The number of ketones is 1. The number of fused-ring (bicyclic) bond motifs is 1. The number of H-pyrrole nitrogens is 1. The second-order valence-electron chi connectivity index (χ2n) is 7.55. The van der Waals surface area contributed by atoms with E-state index in [2.05, 4.69) is 10.3 Å². The molecule has 174 valence electrons. The lowest BCUT2D eigenvalue weighted by atomic mass is 10.0. The van der Waals surface area contributed by atoms with E-state index in [0.717, 1.165) is 20.8 Å². The van der Waals surface area contributed by atoms with Crippen LogP contribution in [0.4, 0.5) is 0 Å². The lowest BCUT2D eigenvalue weighted by Gasteiger charge is -2.20. The maximum absolute atomic E-state index is 12.8. The largest absolute Gasteiger partial charge is 0.467 e. The fraction of sp³-hybridized carbons (Fsp3) is 0.261. The van der Waals surface area contributed by atoms with E-state index in [9.17, 15) is 22.8 Å². The van der Waals surface area contributed by atoms with Gasteiger partial charge in [0.15, 0.2) is 5.78 Å². The number of carbonyl (C=O) groups is 3. The van der Waals surface area contributed by atoms with E-state index in [1.54, 1.807) is 6.20 Å². The predicted molar refractivity (Wildman–Crippen MR) is 122 cm³/mol. The predicted octanol–water partition coefficient (Wildman–Crippen LogP) is 1.89. The molecule has 1 amide bonds. The molecular formula is C23H25N3O6S. The van der Waals surface area contributed by atoms with Crippen LogP contribution in [-0.2, 0) is 30.8 Å². The number of para-hydroxylation sites is 1. The molecule has 1 aromatic heterocycles. The van der Waals surface area contributed by atoms with Crippen molar-refractivity contribution in [3.63, 3.8) is 0 Å². The standard InChI is InChI=1S/C23H25N3O6S/c1-15(27)16-8-10-18(11-9-16)33(30,31)26(2)14-22(28)25-21(23(29)32-3)12-17-13-24-20-7-5-4-6-19(17)20/h4-11,13,21,24H,12,14H2,1-3H3,(H,25,28)/t21-/m1/s1. The number of likely N-dealkylation sites (N-methyl/N-ethyl adjacent to an activating group) is 1. The quantitative estimate of drug-likeness (QED) is 0.363. The van der Waals surface area contributed by atoms with E-state index in [0.29, 0.717) is 5.56 Å². The number of carbonyl (C=O) groups excluding carboxylic acids is 3. The smallest absolute Gasteiger partial charge is 0.328 e. The number of benzene rings is 2. The summed E-state index contributed by atoms with van der Waals surface area (Å²) in [5.41, 5.74) is 2.09. The van der Waals surface area contributed by atoms with Crippen molar-refractivity contribution in [1.82, 2.24) is 14.6 Å². The minimum Gasteiger partial charge on any atom is -0.467 e. The van der Waals surface area contributed by atoms with E-state index in [1.165, 1.54) is 45.3 Å². The van der Waals surface area contributed by atoms with Crippen LogP contribution in [0.2, 0.25) is 0 Å². The highest BCUT2D eigenvalue weighted by molar-refractivity contribution is 7.89. The Morgan fingerprint density at radius 2 is 1.76 bits per heavy atom. The Bertz CT molecular complexity index is 1280. The van der Waals surface area contributed by atoms with Gasteiger partial charge in [-0.05, 0) is 30.7 Å². The number of nitrogens with zero attached hydrogens (tertiary/aromatic N) is 1. The number of esters is 1. The summed E-state index contributed by atoms with van der Waals surface area (Å²) in [5, 5.41) is 3.48. The van der Waals surface area contributed by atoms with Gasteiger partial charge in [0.1, 0.15) is 6.04 Å². The molecule has 0 saturated carbocycles. The number of aromatic amines is 1. The van der Waals surface area contributed by atoms with Crippen LogP contribution in [0, 0.1) is 0 Å². The minimum absolute atomic E-state index is 0.0499. The van der Waals surface area contributed by atoms with E-state index in [1.807, 2.05) is 24.3 Å². The second-order valence-corrected chi connectivity index (χ2v) is 9.59. The summed E-state index contributed by atoms with van der Waals surface area (Å²) in [6, 6.07) is 12.0. The highest BCUT2D eigenvalue weighted by Crippen LogP contribution is 2.20. The van der Waals surface area contributed by atoms with Crippen molar-refractivity contribution < 1.29 is 27.5 Å². The molecule has 0 fully saturated rings. The van der Waals surface area contributed by atoms with Gasteiger partial charge in [-0.15, -0.1) is 0 Å². The molecule has 2 N–H and O–H groups in total. The lowest BCUT2D eigenvalue weighted by molar-refractivity contribution is -0.145. The lowest BCUT2D eigenvalue weighted by Crippen LogP contribution is -2.47. The highest BCUT2D eigenvalue weighted by atomic mass is 32.2. The first-order valence-corrected chi connectivity index (χ1v) is 11.6. The van der Waals surface area contributed by atoms with Crippen molar-refractivity contribution in [2.45, 2.75) is 24.3 Å². The average molecular weight is 472 g/mol. The number of aromatic nitrogens is 1. The Kier molecular flexibility index (Phi) is 7.29. The van der Waals surface area contributed by atoms with Gasteiger partial charge in [-0.1, -0.05) is 30.3 Å². The molecule has 0 aliphatic rings. The van der Waals surface area contributed by atoms with Gasteiger partial charge in [0.25, 0.3) is 0 Å². The molecule has 2 aromatic carbocycles. The van der Waals surface area contributed by atoms with Gasteiger partial charge in [-0.2, -0.15) is 4.31 Å². The van der Waals surface area contributed by atoms with E-state index in [-0.39, 0.29) is 17.1 Å². The number of rotatable bonds is 9. The first-order valence-electron chi connectivity index (χ1n) is 10.1. The topological polar surface area (TPSA) is 126 Å². The van der Waals surface area contributed by atoms with Crippen LogP contribution in [0.1, 0.15) is 22.8 Å². The van der Waals surface area contributed by atoms with Gasteiger partial charge in [0.05, 0.1) is 18.6 Å². The van der Waals surface area contributed by atoms with Gasteiger partial charge in [-0.25, -0.2) is 13.2 Å². The third-order valence-electron chi connectivity index (χ3n) is 5.26. The monoisotopic (exact) mass is 471 g/mol. The van der Waals surface area contributed by atoms with Gasteiger partial charge >= 0.3 is 5.97 Å². The Morgan fingerprint density at radius 3 is 2.39 bits per heavy atom. The van der Waals surface area contributed by atoms with Crippen LogP contribution in [0.25, 0.3) is 10.9 Å². The van der Waals surface area contributed by atoms with Crippen molar-refractivity contribution in [2.75, 3.05) is 20.7 Å². The SMILES string of the molecule is COC(=O)[C@@H](Cc1c[nH]c2ccccc12)NC(=O)CN(C)S(=O)(=O)c1ccc(C(C)=O)cc1. The fourth-order valence-electron chi connectivity index (χ4n) is 3.42. The molecule has 0 aliphatic heterocycles. The average Bonchev–Trinajstić information content (AvgIpc) is 3.20. The van der Waals surface area contributed by atoms with Crippen molar-refractivity contribution in [3.8, 4) is 0 Å². The van der Waals surface area contributed by atoms with Crippen LogP contribution in [0.3, 0.4) is 0 Å². The first kappa shape index (κ1) is 24.1. The number of nitrogens with one attached hydrogen (secondary N) is 2. The molecule has 9 nitrogen and oxygen atoms in total. The van der Waals surface area contributed by atoms with Crippen LogP contribution in [0.5, 0.6) is 0 Å². The summed E-state index contributed by atoms with van der Waals surface area (Å²) in [6.07, 6.45) is 1.93. The molecule has 0 unspecified atom stereocenters. The normalized spacial score (nSPS) is 12.5. The van der Waals surface area contributed by atoms with Gasteiger partial charge in [-0.3, -0.25) is 9.59 Å². The Labute approximate surface area is 191 Å². The zero-order valence-electron chi connectivity index (χ0n) is 18.5. The Hall–Kier alpha value is -3.50. The minimum atomic E-state index is -3.98. The molecule has 1 atom stereocenters. The van der Waals surface area contributed by atoms with Crippen LogP contribution < -0.4 is 5.32 Å². The van der Waals surface area contributed by atoms with Crippen LogP contribution >= 0.6 is 0 Å². The number of hydrogen-bond donors (Lipinski definition) is 2. The second kappa shape index (κ2) is 9.97. The summed E-state index contributed by atoms with van der Waals surface area (Å²) in [4.78, 5) is 39.4. The molecule has 0 radical (unpaired) electrons. The van der Waals surface area contributed by atoms with E-state index >= 15 is 0 Å². The third-order valence-corrected chi connectivity index (χ3v) is 7.07. The maximum Gasteiger partial charge on any atom is 0.328 e. The third kappa shape index (κ3) is 5.47. The summed E-state index contributed by atoms with van der Waals surface area (Å²) in [5.74, 6) is -1.48. The number of sulfonamides is 1. The molecular weight excluding hydrogens is 446 g/mol. The van der Waals surface area contributed by atoms with Crippen molar-refractivity contribution in [1.29, 1.82) is 0 Å². The molecule has 0 saturated heterocycles. The highest BCUT2D eigenvalue weighted by Gasteiger charge is 2.27. The Morgan fingerprint density at radius 1 is 1.09 bits per heavy atom. The van der Waals surface area contributed by atoms with Crippen molar-refractivity contribution in [3.05, 3.63) is 65.9 Å².